The molecule has 2 aromatic rings. The van der Waals surface area contributed by atoms with E-state index in [1.807, 2.05) is 0 Å². The zero-order valence-corrected chi connectivity index (χ0v) is 17.2. The Hall–Kier alpha value is -1.59. The number of ether oxygens (including phenoxy) is 1. The third-order valence-electron chi connectivity index (χ3n) is 6.68. The van der Waals surface area contributed by atoms with Crippen LogP contribution in [0.5, 0.6) is 5.75 Å². The van der Waals surface area contributed by atoms with Crippen molar-refractivity contribution in [1.29, 1.82) is 0 Å². The van der Waals surface area contributed by atoms with Crippen LogP contribution in [0.25, 0.3) is 0 Å². The van der Waals surface area contributed by atoms with E-state index in [9.17, 15) is 9.90 Å². The highest BCUT2D eigenvalue weighted by Gasteiger charge is 2.46. The summed E-state index contributed by atoms with van der Waals surface area (Å²) >= 11 is 1.71. The predicted octanol–water partition coefficient (Wildman–Crippen LogP) is 5.15. The molecular weight excluding hydrogens is 372 g/mol. The van der Waals surface area contributed by atoms with Crippen molar-refractivity contribution in [2.45, 2.75) is 70.3 Å². The molecule has 2 aliphatic carbocycles. The lowest BCUT2D eigenvalue weighted by molar-refractivity contribution is 0.0843. The Balaban J connectivity index is 1.40. The molecular formula is C23H28O4S. The molecule has 1 N–H and O–H groups in total. The third-order valence-corrected chi connectivity index (χ3v) is 7.76. The van der Waals surface area contributed by atoms with Gasteiger partial charge in [0.1, 0.15) is 11.5 Å². The molecule has 5 heteroatoms. The molecule has 0 radical (unpaired) electrons. The van der Waals surface area contributed by atoms with E-state index in [1.54, 1.807) is 17.4 Å². The van der Waals surface area contributed by atoms with Gasteiger partial charge in [0.15, 0.2) is 0 Å². The average molecular weight is 401 g/mol. The molecule has 3 fully saturated rings. The fourth-order valence-corrected chi connectivity index (χ4v) is 5.94. The molecule has 2 unspecified atom stereocenters. The molecule has 1 saturated heterocycles. The van der Waals surface area contributed by atoms with Crippen LogP contribution in [0.2, 0.25) is 0 Å². The summed E-state index contributed by atoms with van der Waals surface area (Å²) in [6.45, 7) is 2.95. The Bertz CT molecular complexity index is 913. The second-order valence-corrected chi connectivity index (χ2v) is 10.4. The van der Waals surface area contributed by atoms with E-state index in [0.29, 0.717) is 23.3 Å². The first kappa shape index (κ1) is 18.4. The fraction of sp³-hybridized carbons (Fsp3) is 0.609. The molecule has 3 heterocycles. The lowest BCUT2D eigenvalue weighted by Crippen LogP contribution is -2.19. The molecule has 28 heavy (non-hydrogen) atoms. The predicted molar refractivity (Wildman–Crippen MR) is 109 cm³/mol. The Labute approximate surface area is 169 Å². The fourth-order valence-electron chi connectivity index (χ4n) is 4.86. The van der Waals surface area contributed by atoms with E-state index in [0.717, 1.165) is 62.9 Å². The number of hydrogen-bond donors (Lipinski definition) is 1. The van der Waals surface area contributed by atoms with Crippen molar-refractivity contribution in [2.75, 3.05) is 6.61 Å². The lowest BCUT2D eigenvalue weighted by atomic mass is 9.90. The topological polar surface area (TPSA) is 59.7 Å². The Kier molecular flexibility index (Phi) is 4.63. The summed E-state index contributed by atoms with van der Waals surface area (Å²) in [5.74, 6) is 1.14. The zero-order chi connectivity index (χ0) is 19.3. The number of hydrogen-bond acceptors (Lipinski definition) is 5. The Morgan fingerprint density at radius 3 is 2.68 bits per heavy atom. The van der Waals surface area contributed by atoms with Crippen molar-refractivity contribution in [3.8, 4) is 5.75 Å². The summed E-state index contributed by atoms with van der Waals surface area (Å²) in [6.07, 6.45) is 8.91. The summed E-state index contributed by atoms with van der Waals surface area (Å²) in [6, 6.07) is 5.89. The van der Waals surface area contributed by atoms with Crippen LogP contribution in [-0.2, 0) is 11.2 Å². The van der Waals surface area contributed by atoms with E-state index in [4.69, 9.17) is 9.15 Å². The van der Waals surface area contributed by atoms with Gasteiger partial charge in [0.25, 0.3) is 0 Å². The van der Waals surface area contributed by atoms with Crippen LogP contribution in [0.15, 0.2) is 27.4 Å². The van der Waals surface area contributed by atoms with Gasteiger partial charge >= 0.3 is 5.63 Å². The molecule has 0 bridgehead atoms. The van der Waals surface area contributed by atoms with Crippen molar-refractivity contribution < 1.29 is 14.3 Å². The molecule has 2 aromatic heterocycles. The van der Waals surface area contributed by atoms with Gasteiger partial charge in [0, 0.05) is 34.8 Å². The van der Waals surface area contributed by atoms with Crippen LogP contribution in [0, 0.1) is 18.3 Å². The number of thiophene rings is 1. The third kappa shape index (κ3) is 3.67. The largest absolute Gasteiger partial charge is 0.507 e. The molecule has 5 rings (SSSR count). The highest BCUT2D eigenvalue weighted by atomic mass is 32.1. The van der Waals surface area contributed by atoms with Crippen LogP contribution in [0.1, 0.15) is 71.9 Å². The van der Waals surface area contributed by atoms with Crippen LogP contribution >= 0.6 is 11.3 Å². The lowest BCUT2D eigenvalue weighted by Gasteiger charge is -2.20. The molecule has 0 aromatic carbocycles. The highest BCUT2D eigenvalue weighted by molar-refractivity contribution is 7.12. The minimum Gasteiger partial charge on any atom is -0.507 e. The molecule has 1 aliphatic heterocycles. The Morgan fingerprint density at radius 2 is 2.11 bits per heavy atom. The van der Waals surface area contributed by atoms with Gasteiger partial charge in [0.2, 0.25) is 0 Å². The average Bonchev–Trinajstić information content (AvgIpc) is 3.51. The maximum atomic E-state index is 12.9. The second kappa shape index (κ2) is 7.03. The van der Waals surface area contributed by atoms with Gasteiger partial charge in [-0.1, -0.05) is 0 Å². The van der Waals surface area contributed by atoms with Crippen molar-refractivity contribution in [2.24, 2.45) is 11.3 Å². The molecule has 4 nitrogen and oxygen atoms in total. The van der Waals surface area contributed by atoms with E-state index in [1.165, 1.54) is 4.88 Å². The standard InChI is InChI=1S/C23H28O4S/c1-14-4-7-19(28-14)20(15-5-6-15)21-18(24)11-17(27-22(21)25)13-23(8-9-23)12-16-3-2-10-26-16/h4,7,11,15-16,20,24H,2-3,5-6,8-10,12-13H2,1H3. The number of aromatic hydroxyl groups is 1. The van der Waals surface area contributed by atoms with Crippen molar-refractivity contribution in [3.63, 3.8) is 0 Å². The normalized spacial score (nSPS) is 24.4. The minimum atomic E-state index is -0.356. The van der Waals surface area contributed by atoms with Crippen LogP contribution < -0.4 is 5.63 Å². The summed E-state index contributed by atoms with van der Waals surface area (Å²) in [7, 11) is 0. The quantitative estimate of drug-likeness (QED) is 0.698. The van der Waals surface area contributed by atoms with Crippen LogP contribution in [0.4, 0.5) is 0 Å². The molecule has 3 aliphatic rings. The maximum absolute atomic E-state index is 12.9. The second-order valence-electron chi connectivity index (χ2n) is 9.08. The summed E-state index contributed by atoms with van der Waals surface area (Å²) in [5, 5.41) is 10.8. The molecule has 0 spiro atoms. The monoisotopic (exact) mass is 400 g/mol. The molecule has 150 valence electrons. The Morgan fingerprint density at radius 1 is 1.29 bits per heavy atom. The number of rotatable bonds is 7. The smallest absolute Gasteiger partial charge is 0.343 e. The van der Waals surface area contributed by atoms with E-state index in [2.05, 4.69) is 19.1 Å². The summed E-state index contributed by atoms with van der Waals surface area (Å²) in [4.78, 5) is 15.3. The van der Waals surface area contributed by atoms with Gasteiger partial charge in [-0.3, -0.25) is 0 Å². The van der Waals surface area contributed by atoms with Gasteiger partial charge in [-0.25, -0.2) is 4.79 Å². The zero-order valence-electron chi connectivity index (χ0n) is 16.4. The first-order chi connectivity index (χ1) is 13.5. The van der Waals surface area contributed by atoms with E-state index < -0.39 is 0 Å². The SMILES string of the molecule is Cc1ccc(C(c2c(O)cc(CC3(CC4CCCO4)CC3)oc2=O)C2CC2)s1. The van der Waals surface area contributed by atoms with Gasteiger partial charge in [0.05, 0.1) is 11.7 Å². The van der Waals surface area contributed by atoms with E-state index >= 15 is 0 Å². The van der Waals surface area contributed by atoms with E-state index in [-0.39, 0.29) is 22.7 Å². The van der Waals surface area contributed by atoms with Crippen LogP contribution in [0.3, 0.4) is 0 Å². The van der Waals surface area contributed by atoms with Crippen molar-refractivity contribution in [3.05, 3.63) is 49.7 Å². The number of aryl methyl sites for hydroxylation is 1. The van der Waals surface area contributed by atoms with Gasteiger partial charge < -0.3 is 14.3 Å². The first-order valence-corrected chi connectivity index (χ1v) is 11.4. The van der Waals surface area contributed by atoms with Crippen molar-refractivity contribution in [1.82, 2.24) is 0 Å². The summed E-state index contributed by atoms with van der Waals surface area (Å²) in [5.41, 5.74) is 0.294. The van der Waals surface area contributed by atoms with Crippen molar-refractivity contribution >= 4 is 11.3 Å². The summed E-state index contributed by atoms with van der Waals surface area (Å²) < 4.78 is 11.6. The van der Waals surface area contributed by atoms with Gasteiger partial charge in [-0.2, -0.15) is 0 Å². The minimum absolute atomic E-state index is 0.0363. The van der Waals surface area contributed by atoms with Crippen LogP contribution in [-0.4, -0.2) is 17.8 Å². The first-order valence-electron chi connectivity index (χ1n) is 10.6. The molecule has 0 amide bonds. The molecule has 2 saturated carbocycles. The highest BCUT2D eigenvalue weighted by Crippen LogP contribution is 2.54. The molecule has 2 atom stereocenters. The maximum Gasteiger partial charge on any atom is 0.343 e. The van der Waals surface area contributed by atoms with Gasteiger partial charge in [-0.05, 0) is 75.3 Å². The van der Waals surface area contributed by atoms with Gasteiger partial charge in [-0.15, -0.1) is 11.3 Å².